The Morgan fingerprint density at radius 1 is 1.15 bits per heavy atom. The molecule has 0 aliphatic carbocycles. The summed E-state index contributed by atoms with van der Waals surface area (Å²) in [6.07, 6.45) is 0.387. The highest BCUT2D eigenvalue weighted by atomic mass is 16.5. The van der Waals surface area contributed by atoms with Crippen molar-refractivity contribution in [2.45, 2.75) is 44.4 Å². The maximum Gasteiger partial charge on any atom is 0.223 e. The molecule has 0 spiro atoms. The summed E-state index contributed by atoms with van der Waals surface area (Å²) in [6.45, 7) is 4.24. The summed E-state index contributed by atoms with van der Waals surface area (Å²) in [5.74, 6) is 0.548. The molecular formula is C22H23NO4. The molecule has 2 aliphatic heterocycles. The number of amides is 1. The van der Waals surface area contributed by atoms with Crippen LogP contribution in [-0.4, -0.2) is 39.9 Å². The third-order valence-corrected chi connectivity index (χ3v) is 5.46. The number of ether oxygens (including phenoxy) is 1. The minimum atomic E-state index is -0.880. The number of nitrogens with zero attached hydrogens (tertiary/aromatic N) is 1. The molecule has 4 rings (SSSR count). The van der Waals surface area contributed by atoms with Gasteiger partial charge in [0.1, 0.15) is 17.5 Å². The van der Waals surface area contributed by atoms with Crippen LogP contribution in [0.1, 0.15) is 54.2 Å². The average Bonchev–Trinajstić information content (AvgIpc) is 3.08. The number of carbonyl (C=O) groups excluding carboxylic acids is 2. The zero-order valence-corrected chi connectivity index (χ0v) is 15.5. The first-order valence-corrected chi connectivity index (χ1v) is 9.29. The van der Waals surface area contributed by atoms with Gasteiger partial charge in [0.2, 0.25) is 5.91 Å². The van der Waals surface area contributed by atoms with E-state index < -0.39 is 17.7 Å². The van der Waals surface area contributed by atoms with Crippen LogP contribution in [0.3, 0.4) is 0 Å². The Hall–Kier alpha value is -2.66. The van der Waals surface area contributed by atoms with E-state index in [1.54, 1.807) is 35.2 Å². The molecule has 0 radical (unpaired) electrons. The number of aliphatic hydroxyl groups excluding tert-OH is 1. The summed E-state index contributed by atoms with van der Waals surface area (Å²) in [7, 11) is 0. The van der Waals surface area contributed by atoms with Gasteiger partial charge in [-0.1, -0.05) is 30.3 Å². The number of rotatable bonds is 3. The summed E-state index contributed by atoms with van der Waals surface area (Å²) in [5, 5.41) is 11.0. The molecule has 1 saturated heterocycles. The van der Waals surface area contributed by atoms with Crippen LogP contribution in [0.4, 0.5) is 0 Å². The summed E-state index contributed by atoms with van der Waals surface area (Å²) in [4.78, 5) is 27.0. The lowest BCUT2D eigenvalue weighted by molar-refractivity contribution is -0.139. The molecule has 1 N–H and O–H groups in total. The molecule has 27 heavy (non-hydrogen) atoms. The Morgan fingerprint density at radius 3 is 2.56 bits per heavy atom. The van der Waals surface area contributed by atoms with Crippen molar-refractivity contribution in [1.82, 2.24) is 4.90 Å². The summed E-state index contributed by atoms with van der Waals surface area (Å²) in [6, 6.07) is 13.8. The van der Waals surface area contributed by atoms with Gasteiger partial charge in [0.15, 0.2) is 5.78 Å². The van der Waals surface area contributed by atoms with Gasteiger partial charge in [0, 0.05) is 29.7 Å². The largest absolute Gasteiger partial charge is 0.485 e. The van der Waals surface area contributed by atoms with E-state index in [1.807, 2.05) is 32.0 Å². The van der Waals surface area contributed by atoms with Gasteiger partial charge in [-0.2, -0.15) is 0 Å². The predicted octanol–water partition coefficient (Wildman–Crippen LogP) is 3.11. The topological polar surface area (TPSA) is 66.8 Å². The third kappa shape index (κ3) is 3.02. The smallest absolute Gasteiger partial charge is 0.223 e. The number of hydrogen-bond acceptors (Lipinski definition) is 4. The maximum atomic E-state index is 12.8. The number of fused-ring (bicyclic) bond motifs is 1. The van der Waals surface area contributed by atoms with Gasteiger partial charge in [-0.3, -0.25) is 9.59 Å². The number of ketones is 1. The van der Waals surface area contributed by atoms with E-state index in [-0.39, 0.29) is 11.7 Å². The fraction of sp³-hybridized carbons (Fsp3) is 0.364. The van der Waals surface area contributed by atoms with Crippen molar-refractivity contribution >= 4 is 11.7 Å². The van der Waals surface area contributed by atoms with E-state index in [1.165, 1.54) is 0 Å². The Labute approximate surface area is 158 Å². The first-order chi connectivity index (χ1) is 12.9. The molecule has 140 valence electrons. The second-order valence-electron chi connectivity index (χ2n) is 7.73. The van der Waals surface area contributed by atoms with Crippen molar-refractivity contribution in [2.75, 3.05) is 6.54 Å². The molecule has 0 unspecified atom stereocenters. The quantitative estimate of drug-likeness (QED) is 0.849. The number of benzene rings is 2. The summed E-state index contributed by atoms with van der Waals surface area (Å²) < 4.78 is 6.00. The van der Waals surface area contributed by atoms with Crippen molar-refractivity contribution in [3.05, 3.63) is 65.2 Å². The highest BCUT2D eigenvalue weighted by molar-refractivity contribution is 6.09. The van der Waals surface area contributed by atoms with Gasteiger partial charge >= 0.3 is 0 Å². The number of hydrogen-bond donors (Lipinski definition) is 1. The lowest BCUT2D eigenvalue weighted by atomic mass is 9.84. The molecule has 5 nitrogen and oxygen atoms in total. The van der Waals surface area contributed by atoms with E-state index in [0.29, 0.717) is 35.4 Å². The van der Waals surface area contributed by atoms with Crippen LogP contribution < -0.4 is 4.74 Å². The fourth-order valence-electron chi connectivity index (χ4n) is 3.97. The molecule has 0 saturated carbocycles. The Balaban J connectivity index is 1.79. The van der Waals surface area contributed by atoms with E-state index in [9.17, 15) is 14.7 Å². The first-order valence-electron chi connectivity index (χ1n) is 9.29. The molecular weight excluding hydrogens is 342 g/mol. The number of aliphatic hydroxyl groups is 1. The molecule has 0 aromatic heterocycles. The lowest BCUT2D eigenvalue weighted by Crippen LogP contribution is -2.53. The van der Waals surface area contributed by atoms with Gasteiger partial charge in [-0.05, 0) is 38.5 Å². The Bertz CT molecular complexity index is 890. The van der Waals surface area contributed by atoms with Gasteiger partial charge in [0.05, 0.1) is 6.04 Å². The number of likely N-dealkylation sites (tertiary alicyclic amines) is 1. The van der Waals surface area contributed by atoms with Crippen molar-refractivity contribution in [2.24, 2.45) is 0 Å². The summed E-state index contributed by atoms with van der Waals surface area (Å²) >= 11 is 0. The molecule has 1 amide bonds. The monoisotopic (exact) mass is 365 g/mol. The van der Waals surface area contributed by atoms with E-state index >= 15 is 0 Å². The molecule has 0 bridgehead atoms. The van der Waals surface area contributed by atoms with Gasteiger partial charge in [0.25, 0.3) is 0 Å². The SMILES string of the molecule is CC1(C)Oc2ccc(C(=O)c3ccccc3)cc2[C@@H](N2CCCC2=O)[C@@H]1O. The van der Waals surface area contributed by atoms with Gasteiger partial charge in [-0.15, -0.1) is 0 Å². The second kappa shape index (κ2) is 6.50. The molecule has 2 heterocycles. The van der Waals surface area contributed by atoms with Crippen LogP contribution in [0.25, 0.3) is 0 Å². The highest BCUT2D eigenvalue weighted by Gasteiger charge is 2.47. The van der Waals surface area contributed by atoms with Crippen LogP contribution in [0.15, 0.2) is 48.5 Å². The third-order valence-electron chi connectivity index (χ3n) is 5.46. The van der Waals surface area contributed by atoms with Crippen LogP contribution in [0.2, 0.25) is 0 Å². The molecule has 2 aromatic carbocycles. The van der Waals surface area contributed by atoms with Crippen molar-refractivity contribution in [1.29, 1.82) is 0 Å². The van der Waals surface area contributed by atoms with Crippen LogP contribution in [0.5, 0.6) is 5.75 Å². The highest BCUT2D eigenvalue weighted by Crippen LogP contribution is 2.44. The predicted molar refractivity (Wildman–Crippen MR) is 101 cm³/mol. The maximum absolute atomic E-state index is 12.8. The minimum Gasteiger partial charge on any atom is -0.485 e. The zero-order valence-electron chi connectivity index (χ0n) is 15.5. The lowest BCUT2D eigenvalue weighted by Gasteiger charge is -2.45. The van der Waals surface area contributed by atoms with E-state index in [4.69, 9.17) is 4.74 Å². The van der Waals surface area contributed by atoms with E-state index in [2.05, 4.69) is 0 Å². The molecule has 2 atom stereocenters. The standard InChI is InChI=1S/C22H23NO4/c1-22(2)21(26)19(23-12-6-9-18(23)24)16-13-15(10-11-17(16)27-22)20(25)14-7-4-3-5-8-14/h3-5,7-8,10-11,13,19,21,26H,6,9,12H2,1-2H3/t19-,21+/m1/s1. The van der Waals surface area contributed by atoms with Crippen LogP contribution in [0, 0.1) is 0 Å². The van der Waals surface area contributed by atoms with Crippen LogP contribution in [-0.2, 0) is 4.79 Å². The fourth-order valence-corrected chi connectivity index (χ4v) is 3.97. The normalized spacial score (nSPS) is 23.7. The zero-order chi connectivity index (χ0) is 19.2. The molecule has 2 aliphatic rings. The minimum absolute atomic E-state index is 0.0301. The number of carbonyl (C=O) groups is 2. The molecule has 5 heteroatoms. The van der Waals surface area contributed by atoms with Gasteiger partial charge in [-0.25, -0.2) is 0 Å². The van der Waals surface area contributed by atoms with E-state index in [0.717, 1.165) is 6.42 Å². The second-order valence-corrected chi connectivity index (χ2v) is 7.73. The molecule has 2 aromatic rings. The Morgan fingerprint density at radius 2 is 1.89 bits per heavy atom. The first kappa shape index (κ1) is 17.7. The average molecular weight is 365 g/mol. The Kier molecular flexibility index (Phi) is 4.27. The van der Waals surface area contributed by atoms with Crippen molar-refractivity contribution < 1.29 is 19.4 Å². The van der Waals surface area contributed by atoms with Crippen molar-refractivity contribution in [3.8, 4) is 5.75 Å². The van der Waals surface area contributed by atoms with Crippen LogP contribution >= 0.6 is 0 Å². The molecule has 1 fully saturated rings. The van der Waals surface area contributed by atoms with Crippen molar-refractivity contribution in [3.63, 3.8) is 0 Å². The summed E-state index contributed by atoms with van der Waals surface area (Å²) in [5.41, 5.74) is 0.987. The van der Waals surface area contributed by atoms with Gasteiger partial charge < -0.3 is 14.7 Å².